The molecule has 0 saturated heterocycles. The highest BCUT2D eigenvalue weighted by molar-refractivity contribution is 7.88. The topological polar surface area (TPSA) is 72.2 Å². The van der Waals surface area contributed by atoms with Crippen molar-refractivity contribution in [2.75, 3.05) is 6.54 Å². The molecule has 1 rings (SSSR count). The molecule has 3 N–H and O–H groups in total. The van der Waals surface area contributed by atoms with Crippen LogP contribution in [-0.4, -0.2) is 21.0 Å². The van der Waals surface area contributed by atoms with Crippen LogP contribution in [0.25, 0.3) is 0 Å². The predicted octanol–water partition coefficient (Wildman–Crippen LogP) is 0.982. The molecule has 0 spiro atoms. The van der Waals surface area contributed by atoms with Gasteiger partial charge in [0.1, 0.15) is 5.82 Å². The van der Waals surface area contributed by atoms with E-state index in [0.717, 1.165) is 0 Å². The molecule has 6 heteroatoms. The highest BCUT2D eigenvalue weighted by atomic mass is 32.2. The molecule has 0 fully saturated rings. The lowest BCUT2D eigenvalue weighted by Crippen LogP contribution is -2.29. The number of sulfonamides is 1. The van der Waals surface area contributed by atoms with E-state index in [9.17, 15) is 12.8 Å². The van der Waals surface area contributed by atoms with Gasteiger partial charge in [-0.15, -0.1) is 0 Å². The van der Waals surface area contributed by atoms with Crippen LogP contribution in [0.15, 0.2) is 24.3 Å². The fraction of sp³-hybridized carbons (Fsp3) is 0.455. The zero-order valence-electron chi connectivity index (χ0n) is 9.69. The Kier molecular flexibility index (Phi) is 5.04. The third-order valence-electron chi connectivity index (χ3n) is 2.19. The number of hydrogen-bond acceptors (Lipinski definition) is 3. The molecule has 0 heterocycles. The summed E-state index contributed by atoms with van der Waals surface area (Å²) in [6, 6.07) is 5.36. The maximum absolute atomic E-state index is 12.6. The molecular formula is C11H17FN2O2S. The van der Waals surface area contributed by atoms with Crippen LogP contribution in [0.3, 0.4) is 0 Å². The smallest absolute Gasteiger partial charge is 0.215 e. The van der Waals surface area contributed by atoms with E-state index in [0.29, 0.717) is 18.5 Å². The molecule has 0 amide bonds. The second-order valence-corrected chi connectivity index (χ2v) is 5.85. The SMILES string of the molecule is CC(N)CCNS(=O)(=O)Cc1ccc(F)cc1. The summed E-state index contributed by atoms with van der Waals surface area (Å²) in [5.41, 5.74) is 6.07. The van der Waals surface area contributed by atoms with Crippen molar-refractivity contribution in [3.05, 3.63) is 35.6 Å². The maximum atomic E-state index is 12.6. The van der Waals surface area contributed by atoms with E-state index in [4.69, 9.17) is 5.73 Å². The van der Waals surface area contributed by atoms with Crippen molar-refractivity contribution in [3.63, 3.8) is 0 Å². The van der Waals surface area contributed by atoms with Crippen molar-refractivity contribution in [1.29, 1.82) is 0 Å². The van der Waals surface area contributed by atoms with E-state index in [1.54, 1.807) is 0 Å². The summed E-state index contributed by atoms with van der Waals surface area (Å²) in [7, 11) is -3.37. The Morgan fingerprint density at radius 3 is 2.47 bits per heavy atom. The van der Waals surface area contributed by atoms with Crippen LogP contribution in [0.5, 0.6) is 0 Å². The fourth-order valence-corrected chi connectivity index (χ4v) is 2.46. The van der Waals surface area contributed by atoms with E-state index < -0.39 is 10.0 Å². The highest BCUT2D eigenvalue weighted by Crippen LogP contribution is 2.06. The van der Waals surface area contributed by atoms with E-state index in [-0.39, 0.29) is 17.6 Å². The van der Waals surface area contributed by atoms with Gasteiger partial charge in [0.15, 0.2) is 0 Å². The first-order valence-corrected chi connectivity index (χ1v) is 7.01. The lowest BCUT2D eigenvalue weighted by molar-refractivity contribution is 0.570. The van der Waals surface area contributed by atoms with Crippen LogP contribution in [0.1, 0.15) is 18.9 Å². The van der Waals surface area contributed by atoms with Crippen LogP contribution in [0, 0.1) is 5.82 Å². The minimum absolute atomic E-state index is 0.0384. The van der Waals surface area contributed by atoms with Gasteiger partial charge in [-0.3, -0.25) is 0 Å². The summed E-state index contributed by atoms with van der Waals surface area (Å²) in [4.78, 5) is 0. The molecule has 1 aromatic carbocycles. The van der Waals surface area contributed by atoms with E-state index in [2.05, 4.69) is 4.72 Å². The van der Waals surface area contributed by atoms with E-state index >= 15 is 0 Å². The van der Waals surface area contributed by atoms with Crippen LogP contribution in [0.4, 0.5) is 4.39 Å². The first kappa shape index (κ1) is 14.1. The van der Waals surface area contributed by atoms with Gasteiger partial charge in [-0.05, 0) is 31.0 Å². The third-order valence-corrected chi connectivity index (χ3v) is 3.55. The summed E-state index contributed by atoms with van der Waals surface area (Å²) < 4.78 is 38.3. The molecule has 0 saturated carbocycles. The monoisotopic (exact) mass is 260 g/mol. The molecule has 1 unspecified atom stereocenters. The fourth-order valence-electron chi connectivity index (χ4n) is 1.29. The summed E-state index contributed by atoms with van der Waals surface area (Å²) >= 11 is 0. The molecule has 0 aliphatic carbocycles. The largest absolute Gasteiger partial charge is 0.328 e. The second-order valence-electron chi connectivity index (χ2n) is 4.05. The molecule has 0 radical (unpaired) electrons. The lowest BCUT2D eigenvalue weighted by Gasteiger charge is -2.08. The van der Waals surface area contributed by atoms with Gasteiger partial charge in [0.05, 0.1) is 5.75 Å². The van der Waals surface area contributed by atoms with Gasteiger partial charge in [0.2, 0.25) is 10.0 Å². The molecular weight excluding hydrogens is 243 g/mol. The van der Waals surface area contributed by atoms with Crippen molar-refractivity contribution < 1.29 is 12.8 Å². The van der Waals surface area contributed by atoms with Crippen molar-refractivity contribution in [2.45, 2.75) is 25.1 Å². The number of benzene rings is 1. The first-order valence-electron chi connectivity index (χ1n) is 5.36. The quantitative estimate of drug-likeness (QED) is 0.801. The second kappa shape index (κ2) is 6.09. The molecule has 0 aliphatic heterocycles. The van der Waals surface area contributed by atoms with E-state index in [1.165, 1.54) is 24.3 Å². The number of halogens is 1. The van der Waals surface area contributed by atoms with Crippen molar-refractivity contribution >= 4 is 10.0 Å². The maximum Gasteiger partial charge on any atom is 0.215 e. The van der Waals surface area contributed by atoms with Gasteiger partial charge in [0.25, 0.3) is 0 Å². The molecule has 1 atom stereocenters. The van der Waals surface area contributed by atoms with Crippen molar-refractivity contribution in [1.82, 2.24) is 4.72 Å². The third kappa shape index (κ3) is 5.76. The lowest BCUT2D eigenvalue weighted by atomic mass is 10.2. The molecule has 1 aromatic rings. The zero-order chi connectivity index (χ0) is 12.9. The normalized spacial score (nSPS) is 13.6. The number of nitrogens with one attached hydrogen (secondary N) is 1. The number of nitrogens with two attached hydrogens (primary N) is 1. The summed E-state index contributed by atoms with van der Waals surface area (Å²) in [6.07, 6.45) is 0.586. The van der Waals surface area contributed by atoms with Crippen LogP contribution in [-0.2, 0) is 15.8 Å². The Morgan fingerprint density at radius 2 is 1.94 bits per heavy atom. The summed E-state index contributed by atoms with van der Waals surface area (Å²) in [5.74, 6) is -0.525. The van der Waals surface area contributed by atoms with Crippen molar-refractivity contribution in [3.8, 4) is 0 Å². The van der Waals surface area contributed by atoms with E-state index in [1.807, 2.05) is 6.92 Å². The molecule has 0 bridgehead atoms. The molecule has 0 aliphatic rings. The van der Waals surface area contributed by atoms with Gasteiger partial charge in [0, 0.05) is 12.6 Å². The number of hydrogen-bond donors (Lipinski definition) is 2. The highest BCUT2D eigenvalue weighted by Gasteiger charge is 2.11. The van der Waals surface area contributed by atoms with Gasteiger partial charge in [-0.25, -0.2) is 17.5 Å². The van der Waals surface area contributed by atoms with Crippen LogP contribution >= 0.6 is 0 Å². The predicted molar refractivity (Wildman–Crippen MR) is 65.3 cm³/mol. The molecule has 0 aromatic heterocycles. The van der Waals surface area contributed by atoms with Crippen LogP contribution in [0.2, 0.25) is 0 Å². The minimum Gasteiger partial charge on any atom is -0.328 e. The number of rotatable bonds is 6. The summed E-state index contributed by atoms with van der Waals surface area (Å²) in [6.45, 7) is 2.13. The van der Waals surface area contributed by atoms with Crippen molar-refractivity contribution in [2.24, 2.45) is 5.73 Å². The first-order chi connectivity index (χ1) is 7.89. The molecule has 96 valence electrons. The van der Waals surface area contributed by atoms with Gasteiger partial charge in [-0.1, -0.05) is 12.1 Å². The van der Waals surface area contributed by atoms with Crippen LogP contribution < -0.4 is 10.5 Å². The Balaban J connectivity index is 2.52. The minimum atomic E-state index is -3.37. The summed E-state index contributed by atoms with van der Waals surface area (Å²) in [5, 5.41) is 0. The average Bonchev–Trinajstić information content (AvgIpc) is 2.20. The zero-order valence-corrected chi connectivity index (χ0v) is 10.5. The Bertz CT molecular complexity index is 443. The van der Waals surface area contributed by atoms with Gasteiger partial charge >= 0.3 is 0 Å². The molecule has 4 nitrogen and oxygen atoms in total. The standard InChI is InChI=1S/C11H17FN2O2S/c1-9(13)6-7-14-17(15,16)8-10-2-4-11(12)5-3-10/h2-5,9,14H,6-8,13H2,1H3. The van der Waals surface area contributed by atoms with Gasteiger partial charge < -0.3 is 5.73 Å². The molecule has 17 heavy (non-hydrogen) atoms. The average molecular weight is 260 g/mol. The Labute approximate surface area is 101 Å². The van der Waals surface area contributed by atoms with Gasteiger partial charge in [-0.2, -0.15) is 0 Å². The Hall–Kier alpha value is -0.980. The Morgan fingerprint density at radius 1 is 1.35 bits per heavy atom.